The van der Waals surface area contributed by atoms with Gasteiger partial charge in [-0.15, -0.1) is 0 Å². The van der Waals surface area contributed by atoms with Gasteiger partial charge in [0.15, 0.2) is 5.78 Å². The Hall–Kier alpha value is -2.62. The summed E-state index contributed by atoms with van der Waals surface area (Å²) in [5.41, 5.74) is 4.67. The molecule has 2 rings (SSSR count). The standard InChI is InChI=1S/C19H22N2O2/c1-13-7-8-18(14(2)11-13)20-10-9-19(23)21-17-6-4-5-16(12-17)15(3)22/h4-8,11-12,20H,9-10H2,1-3H3,(H,21,23). The monoisotopic (exact) mass is 310 g/mol. The number of amides is 1. The summed E-state index contributed by atoms with van der Waals surface area (Å²) in [5.74, 6) is -0.0967. The normalized spacial score (nSPS) is 10.2. The lowest BCUT2D eigenvalue weighted by Crippen LogP contribution is -2.16. The van der Waals surface area contributed by atoms with Gasteiger partial charge in [-0.2, -0.15) is 0 Å². The minimum atomic E-state index is -0.0806. The van der Waals surface area contributed by atoms with Crippen LogP contribution >= 0.6 is 0 Å². The maximum atomic E-state index is 12.0. The molecule has 0 saturated carbocycles. The second-order valence-corrected chi connectivity index (χ2v) is 5.68. The van der Waals surface area contributed by atoms with Gasteiger partial charge in [-0.3, -0.25) is 9.59 Å². The van der Waals surface area contributed by atoms with Gasteiger partial charge in [0.1, 0.15) is 0 Å². The van der Waals surface area contributed by atoms with Crippen molar-refractivity contribution in [3.8, 4) is 0 Å². The number of ketones is 1. The molecule has 0 aromatic heterocycles. The average Bonchev–Trinajstić information content (AvgIpc) is 2.49. The first-order chi connectivity index (χ1) is 11.0. The fourth-order valence-corrected chi connectivity index (χ4v) is 2.36. The molecule has 0 aliphatic heterocycles. The zero-order chi connectivity index (χ0) is 16.8. The predicted octanol–water partition coefficient (Wildman–Crippen LogP) is 3.95. The molecule has 0 saturated heterocycles. The molecular formula is C19H22N2O2. The van der Waals surface area contributed by atoms with E-state index < -0.39 is 0 Å². The molecule has 0 spiro atoms. The molecule has 23 heavy (non-hydrogen) atoms. The van der Waals surface area contributed by atoms with Crippen LogP contribution < -0.4 is 10.6 Å². The van der Waals surface area contributed by atoms with E-state index in [0.29, 0.717) is 24.2 Å². The van der Waals surface area contributed by atoms with Crippen molar-refractivity contribution in [1.82, 2.24) is 0 Å². The fourth-order valence-electron chi connectivity index (χ4n) is 2.36. The molecule has 0 aliphatic rings. The first kappa shape index (κ1) is 16.7. The van der Waals surface area contributed by atoms with E-state index in [2.05, 4.69) is 23.6 Å². The molecule has 0 fully saturated rings. The SMILES string of the molecule is CC(=O)c1cccc(NC(=O)CCNc2ccc(C)cc2C)c1. The van der Waals surface area contributed by atoms with E-state index in [1.165, 1.54) is 18.1 Å². The maximum Gasteiger partial charge on any atom is 0.226 e. The van der Waals surface area contributed by atoms with E-state index in [9.17, 15) is 9.59 Å². The first-order valence-corrected chi connectivity index (χ1v) is 7.67. The van der Waals surface area contributed by atoms with Crippen molar-refractivity contribution in [3.05, 3.63) is 59.2 Å². The number of aryl methyl sites for hydroxylation is 2. The lowest BCUT2D eigenvalue weighted by Gasteiger charge is -2.10. The number of hydrogen-bond acceptors (Lipinski definition) is 3. The van der Waals surface area contributed by atoms with Crippen LogP contribution in [0.15, 0.2) is 42.5 Å². The number of benzene rings is 2. The third-order valence-corrected chi connectivity index (χ3v) is 3.60. The van der Waals surface area contributed by atoms with Gasteiger partial charge in [0, 0.05) is 29.9 Å². The molecule has 0 bridgehead atoms. The summed E-state index contributed by atoms with van der Waals surface area (Å²) in [6.45, 7) is 6.17. The van der Waals surface area contributed by atoms with Crippen molar-refractivity contribution < 1.29 is 9.59 Å². The van der Waals surface area contributed by atoms with Crippen LogP contribution in [0.2, 0.25) is 0 Å². The van der Waals surface area contributed by atoms with Gasteiger partial charge in [-0.1, -0.05) is 29.8 Å². The predicted molar refractivity (Wildman–Crippen MR) is 94.1 cm³/mol. The Labute approximate surface area is 136 Å². The molecule has 0 unspecified atom stereocenters. The molecule has 2 N–H and O–H groups in total. The Morgan fingerprint density at radius 1 is 1.04 bits per heavy atom. The van der Waals surface area contributed by atoms with Crippen LogP contribution in [0.4, 0.5) is 11.4 Å². The average molecular weight is 310 g/mol. The number of nitrogens with one attached hydrogen (secondary N) is 2. The maximum absolute atomic E-state index is 12.0. The molecule has 2 aromatic rings. The molecule has 0 heterocycles. The zero-order valence-corrected chi connectivity index (χ0v) is 13.8. The lowest BCUT2D eigenvalue weighted by atomic mass is 10.1. The molecule has 2 aromatic carbocycles. The second kappa shape index (κ2) is 7.58. The number of anilines is 2. The molecule has 4 nitrogen and oxygen atoms in total. The highest BCUT2D eigenvalue weighted by Gasteiger charge is 2.05. The molecule has 0 radical (unpaired) electrons. The Kier molecular flexibility index (Phi) is 5.52. The van der Waals surface area contributed by atoms with Gasteiger partial charge in [0.05, 0.1) is 0 Å². The Morgan fingerprint density at radius 2 is 1.83 bits per heavy atom. The first-order valence-electron chi connectivity index (χ1n) is 7.67. The molecule has 0 aliphatic carbocycles. The quantitative estimate of drug-likeness (QED) is 0.794. The summed E-state index contributed by atoms with van der Waals surface area (Å²) in [7, 11) is 0. The van der Waals surface area contributed by atoms with Crippen LogP contribution in [-0.4, -0.2) is 18.2 Å². The topological polar surface area (TPSA) is 58.2 Å². The number of hydrogen-bond donors (Lipinski definition) is 2. The lowest BCUT2D eigenvalue weighted by molar-refractivity contribution is -0.115. The van der Waals surface area contributed by atoms with Crippen molar-refractivity contribution in [2.24, 2.45) is 0 Å². The van der Waals surface area contributed by atoms with Crippen LogP contribution in [-0.2, 0) is 4.79 Å². The van der Waals surface area contributed by atoms with E-state index in [0.717, 1.165) is 5.69 Å². The highest BCUT2D eigenvalue weighted by atomic mass is 16.1. The summed E-state index contributed by atoms with van der Waals surface area (Å²) >= 11 is 0. The molecule has 1 amide bonds. The molecule has 4 heteroatoms. The van der Waals surface area contributed by atoms with Crippen molar-refractivity contribution in [2.45, 2.75) is 27.2 Å². The van der Waals surface area contributed by atoms with Crippen molar-refractivity contribution >= 4 is 23.1 Å². The van der Waals surface area contributed by atoms with Gasteiger partial charge < -0.3 is 10.6 Å². The van der Waals surface area contributed by atoms with Crippen LogP contribution in [0, 0.1) is 13.8 Å². The third kappa shape index (κ3) is 4.95. The van der Waals surface area contributed by atoms with Crippen LogP contribution in [0.1, 0.15) is 34.8 Å². The van der Waals surface area contributed by atoms with E-state index >= 15 is 0 Å². The van der Waals surface area contributed by atoms with Gasteiger partial charge in [-0.05, 0) is 44.5 Å². The fraction of sp³-hybridized carbons (Fsp3) is 0.263. The van der Waals surface area contributed by atoms with Crippen LogP contribution in [0.5, 0.6) is 0 Å². The van der Waals surface area contributed by atoms with Crippen molar-refractivity contribution in [1.29, 1.82) is 0 Å². The minimum Gasteiger partial charge on any atom is -0.384 e. The largest absolute Gasteiger partial charge is 0.384 e. The van der Waals surface area contributed by atoms with Gasteiger partial charge >= 0.3 is 0 Å². The summed E-state index contributed by atoms with van der Waals surface area (Å²) in [6, 6.07) is 13.1. The van der Waals surface area contributed by atoms with Crippen molar-refractivity contribution in [2.75, 3.05) is 17.2 Å². The number of Topliss-reactive ketones (excluding diaryl/α,β-unsaturated/α-hetero) is 1. The number of carbonyl (C=O) groups excluding carboxylic acids is 2. The van der Waals surface area contributed by atoms with E-state index in [1.54, 1.807) is 24.3 Å². The summed E-state index contributed by atoms with van der Waals surface area (Å²) < 4.78 is 0. The minimum absolute atomic E-state index is 0.0161. The zero-order valence-electron chi connectivity index (χ0n) is 13.8. The van der Waals surface area contributed by atoms with E-state index in [1.807, 2.05) is 19.1 Å². The molecule has 0 atom stereocenters. The van der Waals surface area contributed by atoms with Crippen LogP contribution in [0.25, 0.3) is 0 Å². The van der Waals surface area contributed by atoms with E-state index in [-0.39, 0.29) is 11.7 Å². The molecular weight excluding hydrogens is 288 g/mol. The third-order valence-electron chi connectivity index (χ3n) is 3.60. The summed E-state index contributed by atoms with van der Waals surface area (Å²) in [6.07, 6.45) is 0.359. The van der Waals surface area contributed by atoms with Gasteiger partial charge in [0.2, 0.25) is 5.91 Å². The Balaban J connectivity index is 1.85. The highest BCUT2D eigenvalue weighted by Crippen LogP contribution is 2.16. The summed E-state index contributed by atoms with van der Waals surface area (Å²) in [4.78, 5) is 23.3. The van der Waals surface area contributed by atoms with Gasteiger partial charge in [0.25, 0.3) is 0 Å². The van der Waals surface area contributed by atoms with Crippen molar-refractivity contribution in [3.63, 3.8) is 0 Å². The summed E-state index contributed by atoms with van der Waals surface area (Å²) in [5, 5.41) is 6.09. The smallest absolute Gasteiger partial charge is 0.226 e. The van der Waals surface area contributed by atoms with Gasteiger partial charge in [-0.25, -0.2) is 0 Å². The van der Waals surface area contributed by atoms with Crippen LogP contribution in [0.3, 0.4) is 0 Å². The highest BCUT2D eigenvalue weighted by molar-refractivity contribution is 5.97. The van der Waals surface area contributed by atoms with E-state index in [4.69, 9.17) is 0 Å². The second-order valence-electron chi connectivity index (χ2n) is 5.68. The molecule has 120 valence electrons. The number of carbonyl (C=O) groups is 2. The number of rotatable bonds is 6. The Morgan fingerprint density at radius 3 is 2.52 bits per heavy atom. The Bertz CT molecular complexity index is 723.